The van der Waals surface area contributed by atoms with Crippen LogP contribution in [0.4, 0.5) is 13.6 Å². The van der Waals surface area contributed by atoms with E-state index in [1.54, 1.807) is 24.4 Å². The molecule has 148 valence electrons. The number of aromatic nitrogens is 1. The van der Waals surface area contributed by atoms with Crippen molar-refractivity contribution >= 4 is 23.3 Å². The molecular weight excluding hydrogens is 396 g/mol. The maximum atomic E-state index is 13.3. The third-order valence-corrected chi connectivity index (χ3v) is 5.95. The highest BCUT2D eigenvalue weighted by Gasteiger charge is 2.51. The lowest BCUT2D eigenvalue weighted by Crippen LogP contribution is -2.43. The first kappa shape index (κ1) is 19.2. The molecule has 5 nitrogen and oxygen atoms in total. The van der Waals surface area contributed by atoms with E-state index in [-0.39, 0.29) is 12.4 Å². The van der Waals surface area contributed by atoms with Crippen LogP contribution in [0.1, 0.15) is 24.6 Å². The van der Waals surface area contributed by atoms with Crippen LogP contribution < -0.4 is 5.32 Å². The summed E-state index contributed by atoms with van der Waals surface area (Å²) in [5.74, 6) is -1.14. The lowest BCUT2D eigenvalue weighted by molar-refractivity contribution is -0.132. The summed E-state index contributed by atoms with van der Waals surface area (Å²) in [4.78, 5) is 31.3. The number of carbonyl (C=O) groups excluding carboxylic acids is 2. The molecule has 0 bridgehead atoms. The van der Waals surface area contributed by atoms with Crippen molar-refractivity contribution < 1.29 is 18.4 Å². The average Bonchev–Trinajstić information content (AvgIpc) is 3.28. The van der Waals surface area contributed by atoms with E-state index in [1.807, 2.05) is 0 Å². The van der Waals surface area contributed by atoms with Crippen molar-refractivity contribution in [1.82, 2.24) is 15.2 Å². The summed E-state index contributed by atoms with van der Waals surface area (Å²) in [5, 5.41) is 5.21. The molecule has 1 saturated heterocycles. The van der Waals surface area contributed by atoms with E-state index >= 15 is 0 Å². The summed E-state index contributed by atoms with van der Waals surface area (Å²) >= 11 is 1.35. The first-order chi connectivity index (χ1) is 13.9. The maximum Gasteiger partial charge on any atom is 0.325 e. The molecular formula is C21H17F2N3O2S. The zero-order valence-corrected chi connectivity index (χ0v) is 16.3. The van der Waals surface area contributed by atoms with E-state index in [9.17, 15) is 18.4 Å². The lowest BCUT2D eigenvalue weighted by Gasteiger charge is -2.25. The Hall–Kier alpha value is -3.13. The van der Waals surface area contributed by atoms with E-state index in [4.69, 9.17) is 0 Å². The highest BCUT2D eigenvalue weighted by Crippen LogP contribution is 2.34. The summed E-state index contributed by atoms with van der Waals surface area (Å²) < 4.78 is 26.4. The SMILES string of the molecule is CCC1(c2ccc(F)cc2)NC(=O)N(Cc2csc(-c3ccc(F)cc3)n2)C1=O. The number of carbonyl (C=O) groups is 2. The van der Waals surface area contributed by atoms with E-state index in [0.29, 0.717) is 22.7 Å². The Bertz CT molecular complexity index is 1070. The molecule has 2 heterocycles. The Balaban J connectivity index is 1.58. The van der Waals surface area contributed by atoms with E-state index in [1.165, 1.54) is 47.7 Å². The molecule has 0 radical (unpaired) electrons. The normalized spacial score (nSPS) is 18.9. The fraction of sp³-hybridized carbons (Fsp3) is 0.190. The molecule has 1 aliphatic heterocycles. The Morgan fingerprint density at radius 2 is 1.66 bits per heavy atom. The number of rotatable bonds is 5. The minimum Gasteiger partial charge on any atom is -0.319 e. The highest BCUT2D eigenvalue weighted by molar-refractivity contribution is 7.13. The van der Waals surface area contributed by atoms with Gasteiger partial charge in [0.15, 0.2) is 0 Å². The molecule has 1 atom stereocenters. The molecule has 1 fully saturated rings. The number of halogens is 2. The number of benzene rings is 2. The van der Waals surface area contributed by atoms with Crippen LogP contribution in [0.3, 0.4) is 0 Å². The number of nitrogens with zero attached hydrogens (tertiary/aromatic N) is 2. The average molecular weight is 413 g/mol. The predicted octanol–water partition coefficient (Wildman–Crippen LogP) is 4.45. The number of nitrogens with one attached hydrogen (secondary N) is 1. The summed E-state index contributed by atoms with van der Waals surface area (Å²) in [6, 6.07) is 11.0. The van der Waals surface area contributed by atoms with Gasteiger partial charge in [0, 0.05) is 10.9 Å². The third-order valence-electron chi connectivity index (χ3n) is 5.01. The van der Waals surface area contributed by atoms with E-state index < -0.39 is 23.3 Å². The van der Waals surface area contributed by atoms with Gasteiger partial charge in [-0.15, -0.1) is 11.3 Å². The van der Waals surface area contributed by atoms with Crippen LogP contribution in [0.5, 0.6) is 0 Å². The summed E-state index contributed by atoms with van der Waals surface area (Å²) in [5.41, 5.74) is 0.631. The molecule has 0 spiro atoms. The van der Waals surface area contributed by atoms with Crippen molar-refractivity contribution in [3.8, 4) is 10.6 Å². The first-order valence-corrected chi connectivity index (χ1v) is 9.91. The van der Waals surface area contributed by atoms with Crippen LogP contribution in [0, 0.1) is 11.6 Å². The number of hydrogen-bond acceptors (Lipinski definition) is 4. The topological polar surface area (TPSA) is 62.3 Å². The largest absolute Gasteiger partial charge is 0.325 e. The van der Waals surface area contributed by atoms with Gasteiger partial charge in [0.05, 0.1) is 12.2 Å². The quantitative estimate of drug-likeness (QED) is 0.629. The molecule has 3 aromatic rings. The zero-order chi connectivity index (χ0) is 20.6. The van der Waals surface area contributed by atoms with Gasteiger partial charge in [-0.1, -0.05) is 19.1 Å². The fourth-order valence-corrected chi connectivity index (χ4v) is 4.23. The van der Waals surface area contributed by atoms with Gasteiger partial charge in [-0.25, -0.2) is 18.6 Å². The molecule has 0 aliphatic carbocycles. The number of imide groups is 1. The van der Waals surface area contributed by atoms with Crippen molar-refractivity contribution in [3.63, 3.8) is 0 Å². The number of thiazole rings is 1. The van der Waals surface area contributed by atoms with Gasteiger partial charge < -0.3 is 5.32 Å². The third kappa shape index (κ3) is 3.40. The van der Waals surface area contributed by atoms with Gasteiger partial charge in [-0.2, -0.15) is 0 Å². The molecule has 1 aromatic heterocycles. The Kier molecular flexibility index (Phi) is 4.87. The van der Waals surface area contributed by atoms with Crippen LogP contribution in [0.15, 0.2) is 53.9 Å². The molecule has 0 saturated carbocycles. The molecule has 1 unspecified atom stereocenters. The van der Waals surface area contributed by atoms with E-state index in [0.717, 1.165) is 10.5 Å². The van der Waals surface area contributed by atoms with Crippen molar-refractivity contribution in [2.75, 3.05) is 0 Å². The van der Waals surface area contributed by atoms with Crippen molar-refractivity contribution in [1.29, 1.82) is 0 Å². The second kappa shape index (κ2) is 7.36. The summed E-state index contributed by atoms with van der Waals surface area (Å²) in [6.45, 7) is 1.81. The van der Waals surface area contributed by atoms with Crippen molar-refractivity contribution in [3.05, 3.63) is 76.8 Å². The van der Waals surface area contributed by atoms with Crippen molar-refractivity contribution in [2.45, 2.75) is 25.4 Å². The standard InChI is InChI=1S/C21H17F2N3O2S/c1-2-21(14-5-9-16(23)10-6-14)19(27)26(20(28)25-21)11-17-12-29-18(24-17)13-3-7-15(22)8-4-13/h3-10,12H,2,11H2,1H3,(H,25,28). The Morgan fingerprint density at radius 1 is 1.03 bits per heavy atom. The Labute approximate surface area is 170 Å². The number of amides is 3. The van der Waals surface area contributed by atoms with Gasteiger partial charge in [-0.05, 0) is 48.4 Å². The summed E-state index contributed by atoms with van der Waals surface area (Å²) in [7, 11) is 0. The van der Waals surface area contributed by atoms with Gasteiger partial charge in [0.1, 0.15) is 22.2 Å². The smallest absolute Gasteiger partial charge is 0.319 e. The summed E-state index contributed by atoms with van der Waals surface area (Å²) in [6.07, 6.45) is 0.331. The molecule has 29 heavy (non-hydrogen) atoms. The highest BCUT2D eigenvalue weighted by atomic mass is 32.1. The van der Waals surface area contributed by atoms with Crippen LogP contribution >= 0.6 is 11.3 Å². The molecule has 2 aromatic carbocycles. The monoisotopic (exact) mass is 413 g/mol. The molecule has 8 heteroatoms. The van der Waals surface area contributed by atoms with Crippen LogP contribution in [-0.4, -0.2) is 21.8 Å². The van der Waals surface area contributed by atoms with Gasteiger partial charge >= 0.3 is 6.03 Å². The van der Waals surface area contributed by atoms with Gasteiger partial charge in [0.2, 0.25) is 0 Å². The molecule has 3 amide bonds. The lowest BCUT2D eigenvalue weighted by atomic mass is 9.87. The van der Waals surface area contributed by atoms with E-state index in [2.05, 4.69) is 10.3 Å². The van der Waals surface area contributed by atoms with Gasteiger partial charge in [-0.3, -0.25) is 9.69 Å². The fourth-order valence-electron chi connectivity index (χ4n) is 3.41. The molecule has 1 aliphatic rings. The van der Waals surface area contributed by atoms with Crippen LogP contribution in [-0.2, 0) is 16.9 Å². The predicted molar refractivity (Wildman–Crippen MR) is 105 cm³/mol. The van der Waals surface area contributed by atoms with Crippen LogP contribution in [0.2, 0.25) is 0 Å². The minimum atomic E-state index is -1.22. The van der Waals surface area contributed by atoms with Gasteiger partial charge in [0.25, 0.3) is 5.91 Å². The molecule has 4 rings (SSSR count). The zero-order valence-electron chi connectivity index (χ0n) is 15.5. The second-order valence-corrected chi connectivity index (χ2v) is 7.60. The van der Waals surface area contributed by atoms with Crippen molar-refractivity contribution in [2.24, 2.45) is 0 Å². The first-order valence-electron chi connectivity index (χ1n) is 9.03. The number of urea groups is 1. The molecule has 1 N–H and O–H groups in total. The van der Waals surface area contributed by atoms with Crippen LogP contribution in [0.25, 0.3) is 10.6 Å². The minimum absolute atomic E-state index is 0.0192. The second-order valence-electron chi connectivity index (χ2n) is 6.74. The number of hydrogen-bond donors (Lipinski definition) is 1. The maximum absolute atomic E-state index is 13.3. The Morgan fingerprint density at radius 3 is 2.28 bits per heavy atom.